The van der Waals surface area contributed by atoms with E-state index in [-0.39, 0.29) is 0 Å². The normalized spacial score (nSPS) is 15.1. The van der Waals surface area contributed by atoms with Crippen LogP contribution in [0.2, 0.25) is 0 Å². The summed E-state index contributed by atoms with van der Waals surface area (Å²) in [6.07, 6.45) is 2.51. The van der Waals surface area contributed by atoms with Gasteiger partial charge in [-0.2, -0.15) is 0 Å². The van der Waals surface area contributed by atoms with Crippen molar-refractivity contribution in [3.63, 3.8) is 0 Å². The second-order valence-electron chi connectivity index (χ2n) is 4.81. The van der Waals surface area contributed by atoms with E-state index in [0.29, 0.717) is 11.5 Å². The van der Waals surface area contributed by atoms with Crippen molar-refractivity contribution in [2.24, 2.45) is 0 Å². The van der Waals surface area contributed by atoms with Crippen LogP contribution >= 0.6 is 0 Å². The van der Waals surface area contributed by atoms with E-state index >= 15 is 0 Å². The Kier molecular flexibility index (Phi) is 4.77. The van der Waals surface area contributed by atoms with Gasteiger partial charge in [0.25, 0.3) is 0 Å². The minimum Gasteiger partial charge on any atom is -0.423 e. The molecule has 18 heavy (non-hydrogen) atoms. The molecular formula is C13H20BNO3. The summed E-state index contributed by atoms with van der Waals surface area (Å²) in [5.74, 6) is 0. The van der Waals surface area contributed by atoms with Crippen molar-refractivity contribution in [1.29, 1.82) is 0 Å². The molecule has 0 saturated heterocycles. The van der Waals surface area contributed by atoms with Crippen LogP contribution in [0.3, 0.4) is 0 Å². The Morgan fingerprint density at radius 3 is 2.78 bits per heavy atom. The third-order valence-corrected chi connectivity index (χ3v) is 3.28. The first-order chi connectivity index (χ1) is 8.70. The van der Waals surface area contributed by atoms with Gasteiger partial charge in [-0.25, -0.2) is 0 Å². The van der Waals surface area contributed by atoms with Gasteiger partial charge in [-0.05, 0) is 23.9 Å². The van der Waals surface area contributed by atoms with E-state index in [0.717, 1.165) is 25.3 Å². The van der Waals surface area contributed by atoms with Crippen molar-refractivity contribution >= 4 is 12.6 Å². The van der Waals surface area contributed by atoms with Gasteiger partial charge in [0.05, 0.1) is 6.61 Å². The first-order valence-corrected chi connectivity index (χ1v) is 6.38. The average molecular weight is 249 g/mol. The zero-order chi connectivity index (χ0) is 13.0. The van der Waals surface area contributed by atoms with Gasteiger partial charge >= 0.3 is 7.12 Å². The Balaban J connectivity index is 1.99. The van der Waals surface area contributed by atoms with Crippen LogP contribution in [0, 0.1) is 0 Å². The third-order valence-electron chi connectivity index (χ3n) is 3.28. The van der Waals surface area contributed by atoms with Crippen molar-refractivity contribution in [2.45, 2.75) is 25.4 Å². The van der Waals surface area contributed by atoms with Crippen LogP contribution in [0.4, 0.5) is 0 Å². The third kappa shape index (κ3) is 3.81. The zero-order valence-electron chi connectivity index (χ0n) is 10.7. The number of methoxy groups -OCH3 is 1. The predicted molar refractivity (Wildman–Crippen MR) is 71.6 cm³/mol. The molecule has 1 fully saturated rings. The highest BCUT2D eigenvalue weighted by molar-refractivity contribution is 6.58. The van der Waals surface area contributed by atoms with E-state index in [1.165, 1.54) is 12.8 Å². The molecule has 0 amide bonds. The Labute approximate surface area is 108 Å². The highest BCUT2D eigenvalue weighted by atomic mass is 16.5. The lowest BCUT2D eigenvalue weighted by Gasteiger charge is -2.21. The second kappa shape index (κ2) is 6.34. The molecule has 1 aromatic rings. The molecule has 0 radical (unpaired) electrons. The molecule has 0 atom stereocenters. The predicted octanol–water partition coefficient (Wildman–Crippen LogP) is -0.0228. The van der Waals surface area contributed by atoms with Crippen LogP contribution in [0.1, 0.15) is 18.4 Å². The van der Waals surface area contributed by atoms with E-state index in [1.54, 1.807) is 13.2 Å². The van der Waals surface area contributed by atoms with Gasteiger partial charge < -0.3 is 14.8 Å². The van der Waals surface area contributed by atoms with Gasteiger partial charge in [0.15, 0.2) is 0 Å². The highest BCUT2D eigenvalue weighted by Gasteiger charge is 2.28. The van der Waals surface area contributed by atoms with Crippen molar-refractivity contribution in [3.8, 4) is 0 Å². The molecule has 1 saturated carbocycles. The molecule has 2 N–H and O–H groups in total. The summed E-state index contributed by atoms with van der Waals surface area (Å²) in [4.78, 5) is 2.40. The largest absolute Gasteiger partial charge is 0.488 e. The van der Waals surface area contributed by atoms with E-state index < -0.39 is 7.12 Å². The van der Waals surface area contributed by atoms with Crippen LogP contribution in [-0.2, 0) is 11.3 Å². The second-order valence-corrected chi connectivity index (χ2v) is 4.81. The molecule has 0 aromatic heterocycles. The fourth-order valence-corrected chi connectivity index (χ4v) is 2.13. The molecule has 2 rings (SSSR count). The van der Waals surface area contributed by atoms with Crippen LogP contribution in [0.25, 0.3) is 0 Å². The van der Waals surface area contributed by atoms with Crippen molar-refractivity contribution in [3.05, 3.63) is 29.8 Å². The number of hydrogen-bond donors (Lipinski definition) is 2. The minimum absolute atomic E-state index is 0.551. The molecule has 1 aliphatic rings. The molecule has 0 spiro atoms. The molecule has 1 aromatic carbocycles. The molecular weight excluding hydrogens is 229 g/mol. The Morgan fingerprint density at radius 2 is 2.17 bits per heavy atom. The summed E-state index contributed by atoms with van der Waals surface area (Å²) in [5.41, 5.74) is 1.67. The van der Waals surface area contributed by atoms with Gasteiger partial charge in [0, 0.05) is 26.2 Å². The Morgan fingerprint density at radius 1 is 1.39 bits per heavy atom. The SMILES string of the molecule is COCCN(Cc1cccc(B(O)O)c1)C1CC1. The van der Waals surface area contributed by atoms with Crippen LogP contribution < -0.4 is 5.46 Å². The van der Waals surface area contributed by atoms with Crippen molar-refractivity contribution < 1.29 is 14.8 Å². The molecule has 98 valence electrons. The fourth-order valence-electron chi connectivity index (χ4n) is 2.13. The highest BCUT2D eigenvalue weighted by Crippen LogP contribution is 2.27. The Bertz CT molecular complexity index is 382. The monoisotopic (exact) mass is 249 g/mol. The van der Waals surface area contributed by atoms with Crippen LogP contribution in [-0.4, -0.2) is 48.4 Å². The van der Waals surface area contributed by atoms with Gasteiger partial charge in [-0.1, -0.05) is 24.3 Å². The quantitative estimate of drug-likeness (QED) is 0.667. The molecule has 5 heteroatoms. The van der Waals surface area contributed by atoms with Gasteiger partial charge in [0.1, 0.15) is 0 Å². The molecule has 4 nitrogen and oxygen atoms in total. The molecule has 0 unspecified atom stereocenters. The molecule has 0 heterocycles. The van der Waals surface area contributed by atoms with Gasteiger partial charge in [-0.3, -0.25) is 4.90 Å². The van der Waals surface area contributed by atoms with Crippen molar-refractivity contribution in [2.75, 3.05) is 20.3 Å². The summed E-state index contributed by atoms with van der Waals surface area (Å²) in [5, 5.41) is 18.3. The summed E-state index contributed by atoms with van der Waals surface area (Å²) in [6.45, 7) is 2.50. The number of hydrogen-bond acceptors (Lipinski definition) is 4. The molecule has 1 aliphatic carbocycles. The fraction of sp³-hybridized carbons (Fsp3) is 0.538. The standard InChI is InChI=1S/C13H20BNO3/c1-18-8-7-15(13-5-6-13)10-11-3-2-4-12(9-11)14(16)17/h2-4,9,13,16-17H,5-8,10H2,1H3. The van der Waals surface area contributed by atoms with E-state index in [9.17, 15) is 0 Å². The average Bonchev–Trinajstić information content (AvgIpc) is 3.19. The summed E-state index contributed by atoms with van der Waals surface area (Å²) in [7, 11) is 0.326. The minimum atomic E-state index is -1.39. The smallest absolute Gasteiger partial charge is 0.423 e. The number of benzene rings is 1. The number of rotatable bonds is 7. The number of ether oxygens (including phenoxy) is 1. The lowest BCUT2D eigenvalue weighted by atomic mass is 9.79. The summed E-state index contributed by atoms with van der Waals surface area (Å²) < 4.78 is 5.13. The lowest BCUT2D eigenvalue weighted by Crippen LogP contribution is -2.32. The van der Waals surface area contributed by atoms with Gasteiger partial charge in [-0.15, -0.1) is 0 Å². The summed E-state index contributed by atoms with van der Waals surface area (Å²) in [6, 6.07) is 8.14. The van der Waals surface area contributed by atoms with E-state index in [4.69, 9.17) is 14.8 Å². The Hall–Kier alpha value is -0.875. The summed E-state index contributed by atoms with van der Waals surface area (Å²) >= 11 is 0. The first kappa shape index (κ1) is 13.6. The maximum atomic E-state index is 9.17. The maximum Gasteiger partial charge on any atom is 0.488 e. The van der Waals surface area contributed by atoms with E-state index in [2.05, 4.69) is 4.90 Å². The van der Waals surface area contributed by atoms with Crippen LogP contribution in [0.15, 0.2) is 24.3 Å². The van der Waals surface area contributed by atoms with Gasteiger partial charge in [0.2, 0.25) is 0 Å². The zero-order valence-corrected chi connectivity index (χ0v) is 10.7. The van der Waals surface area contributed by atoms with E-state index in [1.807, 2.05) is 18.2 Å². The first-order valence-electron chi connectivity index (χ1n) is 6.38. The lowest BCUT2D eigenvalue weighted by molar-refractivity contribution is 0.139. The van der Waals surface area contributed by atoms with Crippen molar-refractivity contribution in [1.82, 2.24) is 4.90 Å². The number of nitrogens with zero attached hydrogens (tertiary/aromatic N) is 1. The maximum absolute atomic E-state index is 9.17. The molecule has 0 aliphatic heterocycles. The van der Waals surface area contributed by atoms with Crippen LogP contribution in [0.5, 0.6) is 0 Å². The topological polar surface area (TPSA) is 52.9 Å². The molecule has 0 bridgehead atoms.